The van der Waals surface area contributed by atoms with E-state index in [0.717, 1.165) is 19.3 Å². The Morgan fingerprint density at radius 1 is 1.26 bits per heavy atom. The van der Waals surface area contributed by atoms with Crippen LogP contribution in [0.5, 0.6) is 0 Å². The summed E-state index contributed by atoms with van der Waals surface area (Å²) in [5.74, 6) is -2.44. The highest BCUT2D eigenvalue weighted by molar-refractivity contribution is 5.86. The van der Waals surface area contributed by atoms with E-state index in [1.807, 2.05) is 0 Å². The maximum absolute atomic E-state index is 12.0. The summed E-state index contributed by atoms with van der Waals surface area (Å²) >= 11 is 0. The lowest BCUT2D eigenvalue weighted by Crippen LogP contribution is -2.49. The summed E-state index contributed by atoms with van der Waals surface area (Å²) in [5, 5.41) is 11.4. The van der Waals surface area contributed by atoms with Crippen molar-refractivity contribution in [2.24, 2.45) is 17.4 Å². The number of carboxylic acids is 1. The van der Waals surface area contributed by atoms with Gasteiger partial charge in [-0.25, -0.2) is 4.79 Å². The monoisotopic (exact) mass is 271 g/mol. The largest absolute Gasteiger partial charge is 0.480 e. The van der Waals surface area contributed by atoms with Gasteiger partial charge < -0.3 is 21.9 Å². The van der Waals surface area contributed by atoms with Gasteiger partial charge in [0.05, 0.1) is 5.92 Å². The molecule has 0 aromatic carbocycles. The van der Waals surface area contributed by atoms with E-state index in [4.69, 9.17) is 16.6 Å². The number of carbonyl (C=O) groups excluding carboxylic acids is 2. The molecule has 2 amide bonds. The molecule has 1 saturated carbocycles. The van der Waals surface area contributed by atoms with Crippen molar-refractivity contribution in [2.75, 3.05) is 0 Å². The fourth-order valence-corrected chi connectivity index (χ4v) is 2.31. The smallest absolute Gasteiger partial charge is 0.326 e. The summed E-state index contributed by atoms with van der Waals surface area (Å²) in [7, 11) is 0. The van der Waals surface area contributed by atoms with Gasteiger partial charge in [0.1, 0.15) is 6.04 Å². The highest BCUT2D eigenvalue weighted by Crippen LogP contribution is 2.23. The number of rotatable bonds is 6. The number of aliphatic carboxylic acids is 1. The highest BCUT2D eigenvalue weighted by Gasteiger charge is 2.31. The Morgan fingerprint density at radius 3 is 2.42 bits per heavy atom. The van der Waals surface area contributed by atoms with Crippen molar-refractivity contribution in [1.29, 1.82) is 0 Å². The van der Waals surface area contributed by atoms with Gasteiger partial charge in [-0.2, -0.15) is 0 Å². The second-order valence-electron chi connectivity index (χ2n) is 4.96. The molecule has 7 heteroatoms. The molecule has 3 atom stereocenters. The minimum atomic E-state index is -1.17. The zero-order chi connectivity index (χ0) is 14.4. The highest BCUT2D eigenvalue weighted by atomic mass is 16.4. The lowest BCUT2D eigenvalue weighted by molar-refractivity contribution is -0.143. The number of amides is 2. The number of primary amides is 1. The van der Waals surface area contributed by atoms with E-state index in [9.17, 15) is 14.4 Å². The van der Waals surface area contributed by atoms with E-state index in [1.165, 1.54) is 0 Å². The Bertz CT molecular complexity index is 359. The number of hydrogen-bond acceptors (Lipinski definition) is 4. The molecule has 0 spiro atoms. The fourth-order valence-electron chi connectivity index (χ4n) is 2.31. The van der Waals surface area contributed by atoms with Crippen LogP contribution in [0.2, 0.25) is 0 Å². The van der Waals surface area contributed by atoms with Crippen LogP contribution >= 0.6 is 0 Å². The Labute approximate surface area is 111 Å². The molecule has 0 heterocycles. The third kappa shape index (κ3) is 4.86. The van der Waals surface area contributed by atoms with Crippen molar-refractivity contribution in [1.82, 2.24) is 5.32 Å². The van der Waals surface area contributed by atoms with E-state index < -0.39 is 17.9 Å². The lowest BCUT2D eigenvalue weighted by atomic mass is 9.84. The summed E-state index contributed by atoms with van der Waals surface area (Å²) in [6, 6.07) is -1.31. The first-order valence-electron chi connectivity index (χ1n) is 6.49. The first-order valence-corrected chi connectivity index (χ1v) is 6.49. The van der Waals surface area contributed by atoms with E-state index >= 15 is 0 Å². The van der Waals surface area contributed by atoms with Crippen molar-refractivity contribution in [2.45, 2.75) is 50.6 Å². The quantitative estimate of drug-likeness (QED) is 0.508. The molecule has 0 bridgehead atoms. The number of hydrogen-bond donors (Lipinski definition) is 4. The normalized spacial score (nSPS) is 24.5. The van der Waals surface area contributed by atoms with Crippen molar-refractivity contribution in [3.8, 4) is 0 Å². The van der Waals surface area contributed by atoms with E-state index in [0.29, 0.717) is 6.42 Å². The molecule has 1 fully saturated rings. The molecule has 0 aliphatic heterocycles. The fraction of sp³-hybridized carbons (Fsp3) is 0.750. The summed E-state index contributed by atoms with van der Waals surface area (Å²) in [6.07, 6.45) is 3.29. The van der Waals surface area contributed by atoms with Crippen LogP contribution in [0.4, 0.5) is 0 Å². The molecule has 0 radical (unpaired) electrons. The van der Waals surface area contributed by atoms with Crippen LogP contribution in [0, 0.1) is 5.92 Å². The van der Waals surface area contributed by atoms with Crippen LogP contribution in [0.25, 0.3) is 0 Å². The summed E-state index contributed by atoms with van der Waals surface area (Å²) in [6.45, 7) is 0. The van der Waals surface area contributed by atoms with Gasteiger partial charge in [0, 0.05) is 12.5 Å². The maximum atomic E-state index is 12.0. The number of nitrogens with two attached hydrogens (primary N) is 2. The molecule has 1 rings (SSSR count). The topological polar surface area (TPSA) is 136 Å². The minimum Gasteiger partial charge on any atom is -0.480 e. The number of carboxylic acid groups (broad SMARTS) is 1. The maximum Gasteiger partial charge on any atom is 0.326 e. The predicted molar refractivity (Wildman–Crippen MR) is 67.9 cm³/mol. The van der Waals surface area contributed by atoms with Gasteiger partial charge in [0.15, 0.2) is 0 Å². The third-order valence-electron chi connectivity index (χ3n) is 3.45. The molecule has 0 saturated heterocycles. The molecule has 7 nitrogen and oxygen atoms in total. The third-order valence-corrected chi connectivity index (χ3v) is 3.45. The van der Waals surface area contributed by atoms with E-state index in [-0.39, 0.29) is 30.7 Å². The van der Waals surface area contributed by atoms with Crippen molar-refractivity contribution >= 4 is 17.8 Å². The first-order chi connectivity index (χ1) is 8.91. The average molecular weight is 271 g/mol. The Kier molecular flexibility index (Phi) is 5.75. The summed E-state index contributed by atoms with van der Waals surface area (Å²) in [5.41, 5.74) is 10.8. The number of carbonyl (C=O) groups is 3. The van der Waals surface area contributed by atoms with Crippen molar-refractivity contribution < 1.29 is 19.5 Å². The first kappa shape index (κ1) is 15.4. The van der Waals surface area contributed by atoms with Crippen LogP contribution in [0.1, 0.15) is 38.5 Å². The molecule has 0 aromatic rings. The van der Waals surface area contributed by atoms with Gasteiger partial charge in [-0.1, -0.05) is 12.8 Å². The van der Waals surface area contributed by atoms with Crippen LogP contribution in [0.3, 0.4) is 0 Å². The SMILES string of the molecule is NC(=O)CCC(NC(=O)C1CCCCC1N)C(=O)O. The molecule has 1 aliphatic carbocycles. The predicted octanol–water partition coefficient (Wildman–Crippen LogP) is -0.661. The van der Waals surface area contributed by atoms with Crippen LogP contribution in [0.15, 0.2) is 0 Å². The second kappa shape index (κ2) is 7.08. The van der Waals surface area contributed by atoms with Gasteiger partial charge >= 0.3 is 5.97 Å². The molecule has 1 aliphatic rings. The Morgan fingerprint density at radius 2 is 1.89 bits per heavy atom. The zero-order valence-electron chi connectivity index (χ0n) is 10.8. The van der Waals surface area contributed by atoms with Crippen LogP contribution in [-0.4, -0.2) is 35.0 Å². The van der Waals surface area contributed by atoms with E-state index in [1.54, 1.807) is 0 Å². The molecule has 3 unspecified atom stereocenters. The second-order valence-corrected chi connectivity index (χ2v) is 4.96. The molecule has 19 heavy (non-hydrogen) atoms. The zero-order valence-corrected chi connectivity index (χ0v) is 10.8. The van der Waals surface area contributed by atoms with Crippen LogP contribution in [-0.2, 0) is 14.4 Å². The van der Waals surface area contributed by atoms with Crippen molar-refractivity contribution in [3.63, 3.8) is 0 Å². The van der Waals surface area contributed by atoms with Crippen LogP contribution < -0.4 is 16.8 Å². The molecule has 0 aromatic heterocycles. The van der Waals surface area contributed by atoms with E-state index in [2.05, 4.69) is 5.32 Å². The van der Waals surface area contributed by atoms with Gasteiger partial charge in [-0.05, 0) is 19.3 Å². The van der Waals surface area contributed by atoms with Gasteiger partial charge in [-0.15, -0.1) is 0 Å². The Hall–Kier alpha value is -1.63. The lowest BCUT2D eigenvalue weighted by Gasteiger charge is -2.28. The van der Waals surface area contributed by atoms with Gasteiger partial charge in [0.2, 0.25) is 11.8 Å². The molecule has 108 valence electrons. The molecular formula is C12H21N3O4. The average Bonchev–Trinajstić information content (AvgIpc) is 2.34. The van der Waals surface area contributed by atoms with Gasteiger partial charge in [-0.3, -0.25) is 9.59 Å². The number of nitrogens with one attached hydrogen (secondary N) is 1. The van der Waals surface area contributed by atoms with Gasteiger partial charge in [0.25, 0.3) is 0 Å². The molecular weight excluding hydrogens is 250 g/mol. The summed E-state index contributed by atoms with van der Waals surface area (Å²) in [4.78, 5) is 33.7. The van der Waals surface area contributed by atoms with Crippen molar-refractivity contribution in [3.05, 3.63) is 0 Å². The minimum absolute atomic E-state index is 0.00162. The summed E-state index contributed by atoms with van der Waals surface area (Å²) < 4.78 is 0. The molecule has 6 N–H and O–H groups in total. The standard InChI is InChI=1S/C12H21N3O4/c13-8-4-2-1-3-7(8)11(17)15-9(12(18)19)5-6-10(14)16/h7-9H,1-6,13H2,(H2,14,16)(H,15,17)(H,18,19). The Balaban J connectivity index is 2.55.